The van der Waals surface area contributed by atoms with Crippen molar-refractivity contribution in [2.45, 2.75) is 19.8 Å². The predicted octanol–water partition coefficient (Wildman–Crippen LogP) is 1.57. The Kier molecular flexibility index (Phi) is 2.54. The molecule has 3 heteroatoms. The quantitative estimate of drug-likeness (QED) is 0.741. The molecule has 0 aromatic heterocycles. The van der Waals surface area contributed by atoms with Gasteiger partial charge in [0.05, 0.1) is 0 Å². The summed E-state index contributed by atoms with van der Waals surface area (Å²) < 4.78 is 0. The molecule has 0 unspecified atom stereocenters. The Morgan fingerprint density at radius 3 is 3.00 bits per heavy atom. The summed E-state index contributed by atoms with van der Waals surface area (Å²) in [7, 11) is 0. The number of hydrogen-bond donors (Lipinski definition) is 1. The molecule has 1 heterocycles. The minimum atomic E-state index is -0.0676. The lowest BCUT2D eigenvalue weighted by Crippen LogP contribution is -2.31. The molecule has 0 atom stereocenters. The second kappa shape index (κ2) is 3.85. The second-order valence-corrected chi connectivity index (χ2v) is 3.65. The van der Waals surface area contributed by atoms with Crippen LogP contribution < -0.4 is 5.32 Å². The summed E-state index contributed by atoms with van der Waals surface area (Å²) in [5, 5.41) is 2.77. The highest BCUT2D eigenvalue weighted by Crippen LogP contribution is 2.16. The summed E-state index contributed by atoms with van der Waals surface area (Å²) >= 11 is 0. The van der Waals surface area contributed by atoms with Crippen LogP contribution in [-0.4, -0.2) is 18.2 Å². The molecule has 78 valence electrons. The molecule has 0 spiro atoms. The molecule has 0 radical (unpaired) electrons. The molecule has 0 aliphatic carbocycles. The summed E-state index contributed by atoms with van der Waals surface area (Å²) in [4.78, 5) is 23.0. The molecule has 2 rings (SSSR count). The summed E-state index contributed by atoms with van der Waals surface area (Å²) in [5.74, 6) is 0.0122. The number of carbonyl (C=O) groups is 2. The Morgan fingerprint density at radius 2 is 2.27 bits per heavy atom. The molecule has 1 aliphatic heterocycles. The SMILES string of the molecule is CCC(=O)c1ccc2c(c1)C(=O)NCC2. The van der Waals surface area contributed by atoms with Gasteiger partial charge in [0.1, 0.15) is 0 Å². The van der Waals surface area contributed by atoms with E-state index in [4.69, 9.17) is 0 Å². The molecule has 1 amide bonds. The van der Waals surface area contributed by atoms with E-state index >= 15 is 0 Å². The second-order valence-electron chi connectivity index (χ2n) is 3.65. The lowest BCUT2D eigenvalue weighted by atomic mass is 9.96. The highest BCUT2D eigenvalue weighted by Gasteiger charge is 2.17. The Bertz CT molecular complexity index is 424. The maximum Gasteiger partial charge on any atom is 0.251 e. The first-order valence-electron chi connectivity index (χ1n) is 5.16. The van der Waals surface area contributed by atoms with Gasteiger partial charge >= 0.3 is 0 Å². The molecule has 1 aromatic carbocycles. The van der Waals surface area contributed by atoms with E-state index in [9.17, 15) is 9.59 Å². The van der Waals surface area contributed by atoms with E-state index < -0.39 is 0 Å². The third-order valence-electron chi connectivity index (χ3n) is 2.68. The number of ketones is 1. The fourth-order valence-corrected chi connectivity index (χ4v) is 1.79. The van der Waals surface area contributed by atoms with Crippen LogP contribution in [0.1, 0.15) is 39.6 Å². The number of fused-ring (bicyclic) bond motifs is 1. The summed E-state index contributed by atoms with van der Waals surface area (Å²) in [6.07, 6.45) is 1.32. The fourth-order valence-electron chi connectivity index (χ4n) is 1.79. The smallest absolute Gasteiger partial charge is 0.251 e. The molecule has 1 aromatic rings. The van der Waals surface area contributed by atoms with Crippen LogP contribution in [0.25, 0.3) is 0 Å². The molecule has 1 aliphatic rings. The Labute approximate surface area is 88.5 Å². The van der Waals surface area contributed by atoms with Gasteiger partial charge in [0.15, 0.2) is 5.78 Å². The van der Waals surface area contributed by atoms with E-state index in [0.717, 1.165) is 12.0 Å². The maximum atomic E-state index is 11.5. The van der Waals surface area contributed by atoms with Crippen molar-refractivity contribution < 1.29 is 9.59 Å². The molecule has 1 N–H and O–H groups in total. The van der Waals surface area contributed by atoms with Gasteiger partial charge in [-0.05, 0) is 18.1 Å². The number of hydrogen-bond acceptors (Lipinski definition) is 2. The van der Waals surface area contributed by atoms with Crippen LogP contribution in [0.3, 0.4) is 0 Å². The Hall–Kier alpha value is -1.64. The van der Waals surface area contributed by atoms with Crippen LogP contribution in [0.5, 0.6) is 0 Å². The van der Waals surface area contributed by atoms with Crippen LogP contribution >= 0.6 is 0 Å². The van der Waals surface area contributed by atoms with Crippen LogP contribution in [0.4, 0.5) is 0 Å². The zero-order chi connectivity index (χ0) is 10.8. The third-order valence-corrected chi connectivity index (χ3v) is 2.68. The summed E-state index contributed by atoms with van der Waals surface area (Å²) in [6.45, 7) is 2.51. The number of carbonyl (C=O) groups excluding carboxylic acids is 2. The summed E-state index contributed by atoms with van der Waals surface area (Å²) in [5.41, 5.74) is 2.32. The van der Waals surface area contributed by atoms with E-state index in [2.05, 4.69) is 5.32 Å². The van der Waals surface area contributed by atoms with E-state index in [1.165, 1.54) is 0 Å². The average molecular weight is 203 g/mol. The lowest BCUT2D eigenvalue weighted by Gasteiger charge is -2.16. The van der Waals surface area contributed by atoms with Gasteiger partial charge in [0.25, 0.3) is 5.91 Å². The minimum absolute atomic E-state index is 0.0676. The molecule has 0 saturated heterocycles. The van der Waals surface area contributed by atoms with Gasteiger partial charge < -0.3 is 5.32 Å². The molecular weight excluding hydrogens is 190 g/mol. The highest BCUT2D eigenvalue weighted by molar-refractivity contribution is 6.01. The summed E-state index contributed by atoms with van der Waals surface area (Å²) in [6, 6.07) is 5.40. The van der Waals surface area contributed by atoms with Crippen LogP contribution in [0.2, 0.25) is 0 Å². The van der Waals surface area contributed by atoms with Crippen molar-refractivity contribution in [1.29, 1.82) is 0 Å². The molecule has 0 bridgehead atoms. The normalized spacial score (nSPS) is 14.3. The van der Waals surface area contributed by atoms with Crippen LogP contribution in [0, 0.1) is 0 Å². The lowest BCUT2D eigenvalue weighted by molar-refractivity contribution is 0.0946. The number of nitrogens with one attached hydrogen (secondary N) is 1. The number of rotatable bonds is 2. The van der Waals surface area contributed by atoms with Gasteiger partial charge in [-0.1, -0.05) is 19.1 Å². The minimum Gasteiger partial charge on any atom is -0.352 e. The topological polar surface area (TPSA) is 46.2 Å². The van der Waals surface area contributed by atoms with E-state index in [0.29, 0.717) is 24.1 Å². The fraction of sp³-hybridized carbons (Fsp3) is 0.333. The zero-order valence-electron chi connectivity index (χ0n) is 8.67. The van der Waals surface area contributed by atoms with Crippen molar-refractivity contribution in [1.82, 2.24) is 5.32 Å². The standard InChI is InChI=1S/C12H13NO2/c1-2-11(14)9-4-3-8-5-6-13-12(15)10(8)7-9/h3-4,7H,2,5-6H2,1H3,(H,13,15). The van der Waals surface area contributed by atoms with Crippen molar-refractivity contribution in [2.24, 2.45) is 0 Å². The van der Waals surface area contributed by atoms with Crippen LogP contribution in [-0.2, 0) is 6.42 Å². The molecule has 15 heavy (non-hydrogen) atoms. The van der Waals surface area contributed by atoms with Gasteiger partial charge in [-0.3, -0.25) is 9.59 Å². The van der Waals surface area contributed by atoms with Gasteiger partial charge in [0, 0.05) is 24.1 Å². The predicted molar refractivity (Wildman–Crippen MR) is 57.1 cm³/mol. The highest BCUT2D eigenvalue weighted by atomic mass is 16.1. The largest absolute Gasteiger partial charge is 0.352 e. The first-order valence-corrected chi connectivity index (χ1v) is 5.16. The third kappa shape index (κ3) is 1.77. The van der Waals surface area contributed by atoms with Crippen LogP contribution in [0.15, 0.2) is 18.2 Å². The van der Waals surface area contributed by atoms with Gasteiger partial charge in [-0.25, -0.2) is 0 Å². The number of benzene rings is 1. The van der Waals surface area contributed by atoms with Crippen molar-refractivity contribution in [2.75, 3.05) is 6.54 Å². The van der Waals surface area contributed by atoms with Crippen molar-refractivity contribution in [3.8, 4) is 0 Å². The van der Waals surface area contributed by atoms with Gasteiger partial charge in [-0.2, -0.15) is 0 Å². The van der Waals surface area contributed by atoms with Crippen molar-refractivity contribution >= 4 is 11.7 Å². The zero-order valence-corrected chi connectivity index (χ0v) is 8.67. The maximum absolute atomic E-state index is 11.5. The van der Waals surface area contributed by atoms with E-state index in [1.54, 1.807) is 6.07 Å². The Morgan fingerprint density at radius 1 is 1.47 bits per heavy atom. The Balaban J connectivity index is 2.44. The number of Topliss-reactive ketones (excluding diaryl/α,β-unsaturated/α-hetero) is 1. The first-order chi connectivity index (χ1) is 7.22. The molecule has 0 saturated carbocycles. The van der Waals surface area contributed by atoms with Gasteiger partial charge in [0.2, 0.25) is 0 Å². The molecule has 0 fully saturated rings. The van der Waals surface area contributed by atoms with Crippen molar-refractivity contribution in [3.05, 3.63) is 34.9 Å². The van der Waals surface area contributed by atoms with E-state index in [-0.39, 0.29) is 11.7 Å². The molecular formula is C12H13NO2. The first kappa shape index (κ1) is 9.90. The molecule has 3 nitrogen and oxygen atoms in total. The number of amides is 1. The monoisotopic (exact) mass is 203 g/mol. The van der Waals surface area contributed by atoms with Crippen molar-refractivity contribution in [3.63, 3.8) is 0 Å². The van der Waals surface area contributed by atoms with Gasteiger partial charge in [-0.15, -0.1) is 0 Å². The van der Waals surface area contributed by atoms with E-state index in [1.807, 2.05) is 19.1 Å². The average Bonchev–Trinajstić information content (AvgIpc) is 2.28.